The maximum atomic E-state index is 12.7. The summed E-state index contributed by atoms with van der Waals surface area (Å²) in [7, 11) is 0. The first kappa shape index (κ1) is 14.0. The van der Waals surface area contributed by atoms with E-state index in [0.717, 1.165) is 10.1 Å². The number of fused-ring (bicyclic) bond motifs is 1. The zero-order chi connectivity index (χ0) is 14.8. The fraction of sp³-hybridized carbons (Fsp3) is 0.200. The molecule has 2 N–H and O–H groups in total. The first-order valence-corrected chi connectivity index (χ1v) is 8.34. The molecule has 3 aromatic heterocycles. The Kier molecular flexibility index (Phi) is 3.90. The topological polar surface area (TPSA) is 59.2 Å². The number of carbonyl (C=O) groups is 1. The molecule has 0 bridgehead atoms. The summed E-state index contributed by atoms with van der Waals surface area (Å²) in [5.74, 6) is -0.00963. The number of pyridine rings is 1. The number of rotatable bonds is 4. The van der Waals surface area contributed by atoms with Gasteiger partial charge in [0.2, 0.25) is 0 Å². The normalized spacial score (nSPS) is 10.9. The number of anilines is 1. The van der Waals surface area contributed by atoms with Crippen molar-refractivity contribution in [1.29, 1.82) is 0 Å². The molecule has 1 amide bonds. The minimum atomic E-state index is -0.00963. The quantitative estimate of drug-likeness (QED) is 0.800. The molecule has 0 aliphatic carbocycles. The highest BCUT2D eigenvalue weighted by molar-refractivity contribution is 7.21. The molecule has 3 heterocycles. The Balaban J connectivity index is 1.93. The van der Waals surface area contributed by atoms with Gasteiger partial charge in [-0.25, -0.2) is 0 Å². The smallest absolute Gasteiger partial charge is 0.266 e. The molecular formula is C15H15N3OS2. The Morgan fingerprint density at radius 3 is 2.95 bits per heavy atom. The average molecular weight is 317 g/mol. The van der Waals surface area contributed by atoms with Crippen LogP contribution in [0.25, 0.3) is 10.1 Å². The fourth-order valence-electron chi connectivity index (χ4n) is 2.19. The fourth-order valence-corrected chi connectivity index (χ4v) is 3.97. The van der Waals surface area contributed by atoms with E-state index in [4.69, 9.17) is 5.73 Å². The van der Waals surface area contributed by atoms with Crippen molar-refractivity contribution in [3.8, 4) is 0 Å². The van der Waals surface area contributed by atoms with Crippen molar-refractivity contribution >= 4 is 44.4 Å². The van der Waals surface area contributed by atoms with Crippen LogP contribution in [0, 0.1) is 0 Å². The Morgan fingerprint density at radius 2 is 2.29 bits per heavy atom. The van der Waals surface area contributed by atoms with Crippen molar-refractivity contribution < 1.29 is 4.79 Å². The maximum absolute atomic E-state index is 12.7. The molecule has 0 atom stereocenters. The summed E-state index contributed by atoms with van der Waals surface area (Å²) in [6, 6.07) is 5.89. The Bertz CT molecular complexity index is 764. The number of carbonyl (C=O) groups excluding carboxylic acids is 1. The summed E-state index contributed by atoms with van der Waals surface area (Å²) >= 11 is 3.07. The molecule has 0 aliphatic rings. The van der Waals surface area contributed by atoms with Crippen molar-refractivity contribution in [3.05, 3.63) is 45.7 Å². The highest BCUT2D eigenvalue weighted by atomic mass is 32.1. The van der Waals surface area contributed by atoms with Crippen LogP contribution in [0.3, 0.4) is 0 Å². The predicted molar refractivity (Wildman–Crippen MR) is 88.8 cm³/mol. The molecular weight excluding hydrogens is 302 g/mol. The van der Waals surface area contributed by atoms with Gasteiger partial charge in [0.1, 0.15) is 4.88 Å². The van der Waals surface area contributed by atoms with Crippen LogP contribution < -0.4 is 5.73 Å². The third kappa shape index (κ3) is 2.64. The van der Waals surface area contributed by atoms with E-state index in [1.807, 2.05) is 35.4 Å². The molecule has 0 radical (unpaired) electrons. The van der Waals surface area contributed by atoms with Gasteiger partial charge >= 0.3 is 0 Å². The van der Waals surface area contributed by atoms with Crippen LogP contribution in [-0.2, 0) is 6.54 Å². The van der Waals surface area contributed by atoms with E-state index < -0.39 is 0 Å². The number of nitrogens with zero attached hydrogens (tertiary/aromatic N) is 2. The van der Waals surface area contributed by atoms with Crippen molar-refractivity contribution in [3.63, 3.8) is 0 Å². The zero-order valence-corrected chi connectivity index (χ0v) is 13.2. The van der Waals surface area contributed by atoms with Crippen molar-refractivity contribution in [1.82, 2.24) is 9.88 Å². The summed E-state index contributed by atoms with van der Waals surface area (Å²) in [6.45, 7) is 3.26. The van der Waals surface area contributed by atoms with Gasteiger partial charge in [0, 0.05) is 29.2 Å². The van der Waals surface area contributed by atoms with Crippen molar-refractivity contribution in [2.45, 2.75) is 13.5 Å². The number of thiophene rings is 2. The number of amides is 1. The second kappa shape index (κ2) is 5.83. The first-order valence-electron chi connectivity index (χ1n) is 6.64. The standard InChI is InChI=1S/C15H15N3OS2/c1-2-18(9-10-4-3-7-20-10)15(19)14-13(16)11-5-6-17-8-12(11)21-14/h3-8H,2,9,16H2,1H3. The van der Waals surface area contributed by atoms with E-state index in [-0.39, 0.29) is 5.91 Å². The lowest BCUT2D eigenvalue weighted by molar-refractivity contribution is 0.0760. The molecule has 3 rings (SSSR count). The molecule has 4 nitrogen and oxygen atoms in total. The summed E-state index contributed by atoms with van der Waals surface area (Å²) in [4.78, 5) is 20.4. The van der Waals surface area contributed by atoms with Crippen LogP contribution in [-0.4, -0.2) is 22.3 Å². The first-order chi connectivity index (χ1) is 10.2. The summed E-state index contributed by atoms with van der Waals surface area (Å²) in [6.07, 6.45) is 3.45. The lowest BCUT2D eigenvalue weighted by Crippen LogP contribution is -2.29. The molecule has 6 heteroatoms. The second-order valence-electron chi connectivity index (χ2n) is 4.62. The molecule has 0 unspecified atom stereocenters. The SMILES string of the molecule is CCN(Cc1cccs1)C(=O)c1sc2cnccc2c1N. The summed E-state index contributed by atoms with van der Waals surface area (Å²) < 4.78 is 0.950. The maximum Gasteiger partial charge on any atom is 0.266 e. The largest absolute Gasteiger partial charge is 0.397 e. The molecule has 108 valence electrons. The van der Waals surface area contributed by atoms with Gasteiger partial charge in [0.25, 0.3) is 5.91 Å². The Labute approximate surface area is 130 Å². The van der Waals surface area contributed by atoms with E-state index >= 15 is 0 Å². The van der Waals surface area contributed by atoms with E-state index in [1.165, 1.54) is 16.2 Å². The number of aromatic nitrogens is 1. The number of hydrogen-bond donors (Lipinski definition) is 1. The van der Waals surface area contributed by atoms with Crippen LogP contribution in [0.15, 0.2) is 36.0 Å². The number of nitrogen functional groups attached to an aromatic ring is 1. The highest BCUT2D eigenvalue weighted by Gasteiger charge is 2.21. The van der Waals surface area contributed by atoms with Crippen LogP contribution in [0.1, 0.15) is 21.5 Å². The van der Waals surface area contributed by atoms with Crippen LogP contribution in [0.2, 0.25) is 0 Å². The third-order valence-corrected chi connectivity index (χ3v) is 5.33. The second-order valence-corrected chi connectivity index (χ2v) is 6.70. The van der Waals surface area contributed by atoms with Gasteiger partial charge in [-0.05, 0) is 24.4 Å². The number of hydrogen-bond acceptors (Lipinski definition) is 5. The monoisotopic (exact) mass is 317 g/mol. The Hall–Kier alpha value is -1.92. The van der Waals surface area contributed by atoms with Gasteiger partial charge in [-0.1, -0.05) is 6.07 Å². The lowest BCUT2D eigenvalue weighted by atomic mass is 10.2. The molecule has 21 heavy (non-hydrogen) atoms. The van der Waals surface area contributed by atoms with Crippen molar-refractivity contribution in [2.75, 3.05) is 12.3 Å². The van der Waals surface area contributed by atoms with Crippen LogP contribution in [0.5, 0.6) is 0 Å². The van der Waals surface area contributed by atoms with Gasteiger partial charge in [0.15, 0.2) is 0 Å². The van der Waals surface area contributed by atoms with Gasteiger partial charge in [0.05, 0.1) is 16.9 Å². The molecule has 0 aliphatic heterocycles. The zero-order valence-electron chi connectivity index (χ0n) is 11.6. The van der Waals surface area contributed by atoms with Crippen molar-refractivity contribution in [2.24, 2.45) is 0 Å². The minimum Gasteiger partial charge on any atom is -0.397 e. The lowest BCUT2D eigenvalue weighted by Gasteiger charge is -2.19. The van der Waals surface area contributed by atoms with Gasteiger partial charge in [-0.15, -0.1) is 22.7 Å². The van der Waals surface area contributed by atoms with Gasteiger partial charge < -0.3 is 10.6 Å². The average Bonchev–Trinajstić information content (AvgIpc) is 3.13. The third-order valence-electron chi connectivity index (χ3n) is 3.32. The van der Waals surface area contributed by atoms with Crippen LogP contribution in [0.4, 0.5) is 5.69 Å². The molecule has 0 aromatic carbocycles. The van der Waals surface area contributed by atoms with Gasteiger partial charge in [-0.3, -0.25) is 9.78 Å². The van der Waals surface area contributed by atoms with Gasteiger partial charge in [-0.2, -0.15) is 0 Å². The van der Waals surface area contributed by atoms with E-state index in [1.54, 1.807) is 23.7 Å². The summed E-state index contributed by atoms with van der Waals surface area (Å²) in [5.41, 5.74) is 6.71. The molecule has 0 saturated heterocycles. The highest BCUT2D eigenvalue weighted by Crippen LogP contribution is 2.34. The van der Waals surface area contributed by atoms with E-state index in [9.17, 15) is 4.79 Å². The minimum absolute atomic E-state index is 0.00963. The molecule has 0 spiro atoms. The van der Waals surface area contributed by atoms with Crippen LogP contribution >= 0.6 is 22.7 Å². The van der Waals surface area contributed by atoms with E-state index in [0.29, 0.717) is 23.7 Å². The predicted octanol–water partition coefficient (Wildman–Crippen LogP) is 3.60. The molecule has 3 aromatic rings. The molecule has 0 fully saturated rings. The Morgan fingerprint density at radius 1 is 1.43 bits per heavy atom. The van der Waals surface area contributed by atoms with E-state index in [2.05, 4.69) is 4.98 Å². The number of nitrogens with two attached hydrogens (primary N) is 1. The summed E-state index contributed by atoms with van der Waals surface area (Å²) in [5, 5.41) is 2.93. The molecule has 0 saturated carbocycles.